The summed E-state index contributed by atoms with van der Waals surface area (Å²) in [4.78, 5) is 1.65. The molecule has 0 saturated carbocycles. The van der Waals surface area contributed by atoms with Gasteiger partial charge in [-0.05, 0) is 32.2 Å². The van der Waals surface area contributed by atoms with Gasteiger partial charge in [0.15, 0.2) is 0 Å². The number of nitrogens with zero attached hydrogens (tertiary/aromatic N) is 2. The van der Waals surface area contributed by atoms with Crippen LogP contribution in [0.1, 0.15) is 18.5 Å². The lowest BCUT2D eigenvalue weighted by atomic mass is 10.1. The third-order valence-electron chi connectivity index (χ3n) is 2.39. The molecule has 2 nitrogen and oxygen atoms in total. The molecule has 0 saturated heterocycles. The minimum Gasteiger partial charge on any atom is -0.287 e. The number of nitriles is 1. The number of halogens is 2. The highest BCUT2D eigenvalue weighted by atomic mass is 19.1. The topological polar surface area (TPSA) is 27.0 Å². The second-order valence-electron chi connectivity index (χ2n) is 3.42. The first kappa shape index (κ1) is 11.6. The van der Waals surface area contributed by atoms with Gasteiger partial charge in [-0.1, -0.05) is 0 Å². The molecule has 1 aromatic carbocycles. The molecule has 0 aromatic heterocycles. The average Bonchev–Trinajstić information content (AvgIpc) is 2.21. The zero-order chi connectivity index (χ0) is 11.4. The molecule has 1 aromatic rings. The van der Waals surface area contributed by atoms with Crippen LogP contribution in [0.5, 0.6) is 0 Å². The molecule has 4 heteroatoms. The SMILES string of the molecule is C[C@@H](c1cc(F)ccc1F)N(C)CC#N. The molecule has 0 aliphatic heterocycles. The first-order chi connectivity index (χ1) is 7.06. The number of rotatable bonds is 3. The van der Waals surface area contributed by atoms with E-state index in [-0.39, 0.29) is 18.2 Å². The van der Waals surface area contributed by atoms with Gasteiger partial charge in [0.25, 0.3) is 0 Å². The van der Waals surface area contributed by atoms with Gasteiger partial charge in [0.05, 0.1) is 12.6 Å². The molecule has 0 radical (unpaired) electrons. The molecule has 0 bridgehead atoms. The van der Waals surface area contributed by atoms with Crippen molar-refractivity contribution >= 4 is 0 Å². The summed E-state index contributed by atoms with van der Waals surface area (Å²) in [7, 11) is 1.69. The van der Waals surface area contributed by atoms with Gasteiger partial charge in [-0.3, -0.25) is 4.90 Å². The van der Waals surface area contributed by atoms with Crippen LogP contribution in [0, 0.1) is 23.0 Å². The highest BCUT2D eigenvalue weighted by Crippen LogP contribution is 2.22. The zero-order valence-electron chi connectivity index (χ0n) is 8.67. The van der Waals surface area contributed by atoms with Crippen LogP contribution >= 0.6 is 0 Å². The Kier molecular flexibility index (Phi) is 3.75. The molecular formula is C11H12F2N2. The van der Waals surface area contributed by atoms with Crippen LogP contribution in [0.15, 0.2) is 18.2 Å². The van der Waals surface area contributed by atoms with Crippen LogP contribution in [0.2, 0.25) is 0 Å². The van der Waals surface area contributed by atoms with E-state index in [1.54, 1.807) is 18.9 Å². The maximum atomic E-state index is 13.3. The minimum atomic E-state index is -0.469. The largest absolute Gasteiger partial charge is 0.287 e. The van der Waals surface area contributed by atoms with Gasteiger partial charge in [-0.2, -0.15) is 5.26 Å². The normalized spacial score (nSPS) is 12.5. The molecule has 0 fully saturated rings. The second-order valence-corrected chi connectivity index (χ2v) is 3.42. The molecule has 0 aliphatic rings. The summed E-state index contributed by atoms with van der Waals surface area (Å²) in [5.74, 6) is -0.919. The van der Waals surface area contributed by atoms with Crippen LogP contribution in [0.3, 0.4) is 0 Å². The van der Waals surface area contributed by atoms with E-state index in [0.717, 1.165) is 18.2 Å². The predicted molar refractivity (Wildman–Crippen MR) is 53.0 cm³/mol. The first-order valence-electron chi connectivity index (χ1n) is 4.58. The summed E-state index contributed by atoms with van der Waals surface area (Å²) in [6.45, 7) is 1.91. The van der Waals surface area contributed by atoms with Gasteiger partial charge < -0.3 is 0 Å². The average molecular weight is 210 g/mol. The van der Waals surface area contributed by atoms with Gasteiger partial charge in [0.1, 0.15) is 11.6 Å². The van der Waals surface area contributed by atoms with Gasteiger partial charge in [0, 0.05) is 11.6 Å². The quantitative estimate of drug-likeness (QED) is 0.716. The fourth-order valence-corrected chi connectivity index (χ4v) is 1.32. The number of hydrogen-bond donors (Lipinski definition) is 0. The van der Waals surface area contributed by atoms with Crippen LogP contribution in [0.25, 0.3) is 0 Å². The van der Waals surface area contributed by atoms with Gasteiger partial charge >= 0.3 is 0 Å². The molecule has 80 valence electrons. The van der Waals surface area contributed by atoms with Crippen molar-refractivity contribution in [3.8, 4) is 6.07 Å². The maximum Gasteiger partial charge on any atom is 0.128 e. The van der Waals surface area contributed by atoms with Crippen LogP contribution in [0.4, 0.5) is 8.78 Å². The molecule has 15 heavy (non-hydrogen) atoms. The Balaban J connectivity index is 2.95. The fraction of sp³-hybridized carbons (Fsp3) is 0.364. The molecule has 0 aliphatic carbocycles. The molecule has 0 spiro atoms. The Morgan fingerprint density at radius 1 is 1.47 bits per heavy atom. The zero-order valence-corrected chi connectivity index (χ0v) is 8.67. The molecule has 1 atom stereocenters. The summed E-state index contributed by atoms with van der Waals surface area (Å²) in [5.41, 5.74) is 0.271. The third kappa shape index (κ3) is 2.74. The third-order valence-corrected chi connectivity index (χ3v) is 2.39. The Labute approximate surface area is 87.7 Å². The number of hydrogen-bond acceptors (Lipinski definition) is 2. The van der Waals surface area contributed by atoms with Crippen molar-refractivity contribution in [3.05, 3.63) is 35.4 Å². The smallest absolute Gasteiger partial charge is 0.128 e. The standard InChI is InChI=1S/C11H12F2N2/c1-8(15(2)6-5-14)10-7-9(12)3-4-11(10)13/h3-4,7-8H,6H2,1-2H3/t8-/m0/s1. The van der Waals surface area contributed by atoms with Crippen LogP contribution in [-0.2, 0) is 0 Å². The predicted octanol–water partition coefficient (Wildman–Crippen LogP) is 2.48. The van der Waals surface area contributed by atoms with E-state index >= 15 is 0 Å². The minimum absolute atomic E-state index is 0.178. The van der Waals surface area contributed by atoms with Gasteiger partial charge in [-0.15, -0.1) is 0 Å². The van der Waals surface area contributed by atoms with E-state index in [0.29, 0.717) is 0 Å². The molecule has 0 heterocycles. The van der Waals surface area contributed by atoms with E-state index in [1.165, 1.54) is 0 Å². The van der Waals surface area contributed by atoms with Crippen LogP contribution in [-0.4, -0.2) is 18.5 Å². The first-order valence-corrected chi connectivity index (χ1v) is 4.58. The Bertz CT molecular complexity index is 385. The summed E-state index contributed by atoms with van der Waals surface area (Å²) in [6, 6.07) is 4.98. The molecular weight excluding hydrogens is 198 g/mol. The van der Waals surface area contributed by atoms with Crippen molar-refractivity contribution in [3.63, 3.8) is 0 Å². The van der Waals surface area contributed by atoms with Crippen molar-refractivity contribution < 1.29 is 8.78 Å². The van der Waals surface area contributed by atoms with E-state index in [1.807, 2.05) is 6.07 Å². The molecule has 0 N–H and O–H groups in total. The van der Waals surface area contributed by atoms with Crippen molar-refractivity contribution in [2.45, 2.75) is 13.0 Å². The van der Waals surface area contributed by atoms with Crippen molar-refractivity contribution in [1.29, 1.82) is 5.26 Å². The fourth-order valence-electron chi connectivity index (χ4n) is 1.32. The summed E-state index contributed by atoms with van der Waals surface area (Å²) >= 11 is 0. The highest BCUT2D eigenvalue weighted by Gasteiger charge is 2.15. The maximum absolute atomic E-state index is 13.3. The Morgan fingerprint density at radius 2 is 2.13 bits per heavy atom. The van der Waals surface area contributed by atoms with E-state index < -0.39 is 11.6 Å². The van der Waals surface area contributed by atoms with Crippen molar-refractivity contribution in [2.24, 2.45) is 0 Å². The summed E-state index contributed by atoms with van der Waals surface area (Å²) in [6.07, 6.45) is 0. The molecule has 1 rings (SSSR count). The lowest BCUT2D eigenvalue weighted by Gasteiger charge is -2.22. The molecule has 0 amide bonds. The Morgan fingerprint density at radius 3 is 2.73 bits per heavy atom. The van der Waals surface area contributed by atoms with Gasteiger partial charge in [0.2, 0.25) is 0 Å². The molecule has 0 unspecified atom stereocenters. The summed E-state index contributed by atoms with van der Waals surface area (Å²) < 4.78 is 26.3. The lowest BCUT2D eigenvalue weighted by Crippen LogP contribution is -2.23. The van der Waals surface area contributed by atoms with E-state index in [2.05, 4.69) is 0 Å². The summed E-state index contributed by atoms with van der Waals surface area (Å²) in [5, 5.41) is 8.50. The monoisotopic (exact) mass is 210 g/mol. The van der Waals surface area contributed by atoms with Gasteiger partial charge in [-0.25, -0.2) is 8.78 Å². The van der Waals surface area contributed by atoms with Crippen molar-refractivity contribution in [1.82, 2.24) is 4.90 Å². The highest BCUT2D eigenvalue weighted by molar-refractivity contribution is 5.22. The van der Waals surface area contributed by atoms with Crippen molar-refractivity contribution in [2.75, 3.05) is 13.6 Å². The second kappa shape index (κ2) is 4.85. The lowest BCUT2D eigenvalue weighted by molar-refractivity contribution is 0.285. The van der Waals surface area contributed by atoms with Crippen LogP contribution < -0.4 is 0 Å². The Hall–Kier alpha value is -1.47. The van der Waals surface area contributed by atoms with E-state index in [9.17, 15) is 8.78 Å². The number of benzene rings is 1. The van der Waals surface area contributed by atoms with E-state index in [4.69, 9.17) is 5.26 Å².